The Labute approximate surface area is 224 Å². The molecule has 0 amide bonds. The third-order valence-corrected chi connectivity index (χ3v) is 7.53. The lowest BCUT2D eigenvalue weighted by molar-refractivity contribution is 0.00706. The Morgan fingerprint density at radius 3 is 2.66 bits per heavy atom. The van der Waals surface area contributed by atoms with E-state index in [1.54, 1.807) is 24.8 Å². The zero-order valence-electron chi connectivity index (χ0n) is 20.7. The predicted octanol–water partition coefficient (Wildman–Crippen LogP) is 3.47. The minimum absolute atomic E-state index is 0.229. The van der Waals surface area contributed by atoms with E-state index in [4.69, 9.17) is 25.8 Å². The largest absolute Gasteiger partial charge is 0.456 e. The topological polar surface area (TPSA) is 132 Å². The lowest BCUT2D eigenvalue weighted by Crippen LogP contribution is -2.34. The molecule has 198 valence electrons. The molecule has 1 unspecified atom stereocenters. The first-order chi connectivity index (χ1) is 18.2. The van der Waals surface area contributed by atoms with E-state index in [0.717, 1.165) is 22.4 Å². The van der Waals surface area contributed by atoms with Gasteiger partial charge in [-0.2, -0.15) is 4.98 Å². The molecule has 2 aliphatic rings. The fourth-order valence-corrected chi connectivity index (χ4v) is 5.32. The average molecular weight is 556 g/mol. The van der Waals surface area contributed by atoms with Gasteiger partial charge in [0, 0.05) is 39.6 Å². The van der Waals surface area contributed by atoms with Gasteiger partial charge in [0.05, 0.1) is 41.7 Å². The molecule has 0 aliphatic carbocycles. The van der Waals surface area contributed by atoms with Gasteiger partial charge in [0.15, 0.2) is 11.8 Å². The number of aromatic nitrogens is 4. The van der Waals surface area contributed by atoms with Crippen LogP contribution in [0.4, 0.5) is 0 Å². The normalized spacial score (nSPS) is 23.1. The first-order valence-electron chi connectivity index (χ1n) is 12.1. The molecule has 38 heavy (non-hydrogen) atoms. The van der Waals surface area contributed by atoms with Crippen molar-refractivity contribution in [2.75, 3.05) is 25.7 Å². The van der Waals surface area contributed by atoms with Crippen molar-refractivity contribution < 1.29 is 23.5 Å². The van der Waals surface area contributed by atoms with Gasteiger partial charge in [0.1, 0.15) is 18.3 Å². The smallest absolute Gasteiger partial charge is 0.296 e. The minimum Gasteiger partial charge on any atom is -0.456 e. The summed E-state index contributed by atoms with van der Waals surface area (Å²) in [5, 5.41) is 10.4. The predicted molar refractivity (Wildman–Crippen MR) is 144 cm³/mol. The molecule has 4 atom stereocenters. The van der Waals surface area contributed by atoms with E-state index in [2.05, 4.69) is 24.3 Å². The molecule has 4 aromatic rings. The van der Waals surface area contributed by atoms with Crippen LogP contribution in [0, 0.1) is 0 Å². The Bertz CT molecular complexity index is 1610. The van der Waals surface area contributed by atoms with Gasteiger partial charge in [0.25, 0.3) is 6.01 Å². The van der Waals surface area contributed by atoms with Crippen molar-refractivity contribution in [3.05, 3.63) is 59.2 Å². The Hall–Kier alpha value is -3.09. The van der Waals surface area contributed by atoms with E-state index in [1.807, 2.05) is 36.4 Å². The standard InChI is InChI=1S/C26H26ClN5O5S/c1-38(2,34)29-11-14-7-8-28-18(9-14)15-3-5-16(6-4-15)22-17(27)10-19-25(31-22)32-26(30-19)37-21-13-36-23-20(33)12-35-24(21)23/h3-10,20-21,23-24,33H,11-13H2,1-2H3,(H,30,31,32)/t20-,21?,23-,24-/m1/s1. The number of nitrogens with zero attached hydrogens (tertiary/aromatic N) is 4. The van der Waals surface area contributed by atoms with Crippen LogP contribution in [-0.2, 0) is 25.7 Å². The maximum Gasteiger partial charge on any atom is 0.296 e. The summed E-state index contributed by atoms with van der Waals surface area (Å²) in [6, 6.07) is 13.6. The molecule has 0 spiro atoms. The number of aliphatic hydroxyl groups excluding tert-OH is 1. The Balaban J connectivity index is 1.22. The summed E-state index contributed by atoms with van der Waals surface area (Å²) in [6.07, 6.45) is 3.22. The molecule has 1 aromatic carbocycles. The van der Waals surface area contributed by atoms with Crippen LogP contribution in [0.2, 0.25) is 5.02 Å². The van der Waals surface area contributed by atoms with Crippen LogP contribution < -0.4 is 4.74 Å². The molecule has 2 N–H and O–H groups in total. The molecule has 12 heteroatoms. The van der Waals surface area contributed by atoms with Gasteiger partial charge in [-0.25, -0.2) is 9.35 Å². The Kier molecular flexibility index (Phi) is 6.57. The van der Waals surface area contributed by atoms with Gasteiger partial charge in [-0.1, -0.05) is 35.9 Å². The molecular formula is C26H26ClN5O5S. The first kappa shape index (κ1) is 25.2. The van der Waals surface area contributed by atoms with Crippen molar-refractivity contribution in [2.24, 2.45) is 4.36 Å². The van der Waals surface area contributed by atoms with E-state index < -0.39 is 15.8 Å². The first-order valence-corrected chi connectivity index (χ1v) is 14.8. The number of fused-ring (bicyclic) bond motifs is 2. The van der Waals surface area contributed by atoms with Gasteiger partial charge >= 0.3 is 0 Å². The lowest BCUT2D eigenvalue weighted by Gasteiger charge is -2.15. The van der Waals surface area contributed by atoms with Crippen LogP contribution in [0.5, 0.6) is 6.01 Å². The summed E-state index contributed by atoms with van der Waals surface area (Å²) >= 11 is 6.59. The zero-order valence-corrected chi connectivity index (χ0v) is 22.3. The van der Waals surface area contributed by atoms with Gasteiger partial charge < -0.3 is 24.3 Å². The summed E-state index contributed by atoms with van der Waals surface area (Å²) < 4.78 is 33.3. The number of rotatable bonds is 6. The van der Waals surface area contributed by atoms with Crippen molar-refractivity contribution in [1.82, 2.24) is 19.9 Å². The Morgan fingerprint density at radius 1 is 1.11 bits per heavy atom. The van der Waals surface area contributed by atoms with E-state index in [0.29, 0.717) is 35.0 Å². The summed E-state index contributed by atoms with van der Waals surface area (Å²) in [5.74, 6) is 0. The number of H-pyrrole nitrogens is 1. The number of hydrogen-bond acceptors (Lipinski definition) is 9. The van der Waals surface area contributed by atoms with Gasteiger partial charge in [-0.15, -0.1) is 0 Å². The van der Waals surface area contributed by atoms with Crippen LogP contribution in [-0.4, -0.2) is 79.4 Å². The third-order valence-electron chi connectivity index (χ3n) is 6.49. The summed E-state index contributed by atoms with van der Waals surface area (Å²) in [6.45, 7) is 0.907. The van der Waals surface area contributed by atoms with Crippen molar-refractivity contribution in [3.63, 3.8) is 0 Å². The van der Waals surface area contributed by atoms with Crippen molar-refractivity contribution >= 4 is 32.5 Å². The summed E-state index contributed by atoms with van der Waals surface area (Å²) in [4.78, 5) is 16.7. The fraction of sp³-hybridized carbons (Fsp3) is 0.346. The molecule has 2 aliphatic heterocycles. The number of benzene rings is 1. The average Bonchev–Trinajstić information content (AvgIpc) is 3.59. The minimum atomic E-state index is -2.17. The molecule has 0 saturated carbocycles. The maximum atomic E-state index is 11.9. The van der Waals surface area contributed by atoms with E-state index in [1.165, 1.54) is 0 Å². The molecule has 2 saturated heterocycles. The molecule has 10 nitrogen and oxygen atoms in total. The molecule has 3 aromatic heterocycles. The highest BCUT2D eigenvalue weighted by Gasteiger charge is 2.48. The van der Waals surface area contributed by atoms with Crippen LogP contribution >= 0.6 is 11.6 Å². The number of halogens is 1. The number of ether oxygens (including phenoxy) is 3. The van der Waals surface area contributed by atoms with Gasteiger partial charge in [-0.05, 0) is 23.8 Å². The molecule has 0 radical (unpaired) electrons. The third kappa shape index (κ3) is 5.12. The van der Waals surface area contributed by atoms with Crippen molar-refractivity contribution in [2.45, 2.75) is 31.0 Å². The van der Waals surface area contributed by atoms with Crippen LogP contribution in [0.15, 0.2) is 53.0 Å². The highest BCUT2D eigenvalue weighted by molar-refractivity contribution is 7.92. The van der Waals surface area contributed by atoms with Crippen molar-refractivity contribution in [1.29, 1.82) is 0 Å². The quantitative estimate of drug-likeness (QED) is 0.369. The monoisotopic (exact) mass is 555 g/mol. The van der Waals surface area contributed by atoms with Crippen LogP contribution in [0.25, 0.3) is 33.7 Å². The Morgan fingerprint density at radius 2 is 1.87 bits per heavy atom. The fourth-order valence-electron chi connectivity index (χ4n) is 4.60. The number of imidazole rings is 1. The molecule has 0 bridgehead atoms. The number of pyridine rings is 2. The molecule has 6 rings (SSSR count). The lowest BCUT2D eigenvalue weighted by atomic mass is 10.0. The molecule has 2 fully saturated rings. The zero-order chi connectivity index (χ0) is 26.4. The van der Waals surface area contributed by atoms with Gasteiger partial charge in [-0.3, -0.25) is 9.19 Å². The molecular weight excluding hydrogens is 530 g/mol. The van der Waals surface area contributed by atoms with Crippen molar-refractivity contribution in [3.8, 4) is 28.5 Å². The summed E-state index contributed by atoms with van der Waals surface area (Å²) in [5.41, 5.74) is 5.19. The van der Waals surface area contributed by atoms with Gasteiger partial charge in [0.2, 0.25) is 0 Å². The van der Waals surface area contributed by atoms with Crippen LogP contribution in [0.1, 0.15) is 5.56 Å². The number of nitrogens with one attached hydrogen (secondary N) is 1. The summed E-state index contributed by atoms with van der Waals surface area (Å²) in [7, 11) is -2.17. The number of aromatic amines is 1. The molecule has 5 heterocycles. The van der Waals surface area contributed by atoms with E-state index >= 15 is 0 Å². The van der Waals surface area contributed by atoms with E-state index in [9.17, 15) is 9.32 Å². The maximum absolute atomic E-state index is 11.9. The van der Waals surface area contributed by atoms with Crippen LogP contribution in [0.3, 0.4) is 0 Å². The number of hydrogen-bond donors (Lipinski definition) is 2. The SMILES string of the molecule is CS(C)(=O)=NCc1ccnc(-c2ccc(-c3nc4nc(OC5CO[C@@H]6[C@H](O)CO[C@H]56)[nH]c4cc3Cl)cc2)c1. The highest BCUT2D eigenvalue weighted by Crippen LogP contribution is 2.33. The van der Waals surface area contributed by atoms with E-state index in [-0.39, 0.29) is 30.9 Å². The second-order valence-electron chi connectivity index (χ2n) is 9.65. The number of aliphatic hydroxyl groups is 1. The second kappa shape index (κ2) is 9.90. The second-order valence-corrected chi connectivity index (χ2v) is 12.7. The highest BCUT2D eigenvalue weighted by atomic mass is 35.5.